The Bertz CT molecular complexity index is 601. The average molecular weight is 366 g/mol. The van der Waals surface area contributed by atoms with E-state index in [0.29, 0.717) is 12.6 Å². The third kappa shape index (κ3) is 4.86. The van der Waals surface area contributed by atoms with Gasteiger partial charge in [0.25, 0.3) is 0 Å². The van der Waals surface area contributed by atoms with Crippen LogP contribution in [0.3, 0.4) is 0 Å². The molecule has 0 spiro atoms. The molecule has 2 bridgehead atoms. The summed E-state index contributed by atoms with van der Waals surface area (Å²) in [7, 11) is 1.79. The lowest BCUT2D eigenvalue weighted by molar-refractivity contribution is 0.0154. The Balaban J connectivity index is 1.51. The van der Waals surface area contributed by atoms with Gasteiger partial charge in [-0.2, -0.15) is 11.8 Å². The number of benzene rings is 1. The minimum absolute atomic E-state index is 0.174. The Kier molecular flexibility index (Phi) is 6.56. The van der Waals surface area contributed by atoms with Crippen LogP contribution in [0.1, 0.15) is 11.1 Å². The highest BCUT2D eigenvalue weighted by molar-refractivity contribution is 7.97. The van der Waals surface area contributed by atoms with E-state index in [-0.39, 0.29) is 5.82 Å². The molecule has 1 aromatic carbocycles. The summed E-state index contributed by atoms with van der Waals surface area (Å²) < 4.78 is 13.5. The summed E-state index contributed by atoms with van der Waals surface area (Å²) in [4.78, 5) is 9.43. The van der Waals surface area contributed by atoms with Gasteiger partial charge in [-0.15, -0.1) is 0 Å². The zero-order chi connectivity index (χ0) is 17.6. The molecule has 0 aromatic heterocycles. The maximum Gasteiger partial charge on any atom is 0.191 e. The quantitative estimate of drug-likeness (QED) is 0.589. The predicted octanol–water partition coefficient (Wildman–Crippen LogP) is 1.35. The number of halogens is 1. The lowest BCUT2D eigenvalue weighted by atomic mass is 10.1. The molecule has 3 aliphatic heterocycles. The molecular weight excluding hydrogens is 337 g/mol. The van der Waals surface area contributed by atoms with Gasteiger partial charge in [-0.05, 0) is 29.5 Å². The minimum atomic E-state index is -0.174. The molecule has 4 rings (SSSR count). The van der Waals surface area contributed by atoms with Crippen LogP contribution in [0.4, 0.5) is 4.39 Å². The van der Waals surface area contributed by atoms with Crippen LogP contribution in [0.5, 0.6) is 0 Å². The maximum atomic E-state index is 13.5. The maximum absolute atomic E-state index is 13.5. The van der Waals surface area contributed by atoms with Crippen molar-refractivity contribution >= 4 is 17.7 Å². The molecule has 3 heterocycles. The molecule has 0 radical (unpaired) electrons. The van der Waals surface area contributed by atoms with Crippen molar-refractivity contribution in [1.29, 1.82) is 0 Å². The number of nitrogens with one attached hydrogen (secondary N) is 2. The van der Waals surface area contributed by atoms with Gasteiger partial charge in [0.15, 0.2) is 5.96 Å². The topological polar surface area (TPSA) is 42.9 Å². The molecule has 5 nitrogen and oxygen atoms in total. The highest BCUT2D eigenvalue weighted by atomic mass is 32.2. The van der Waals surface area contributed by atoms with E-state index in [9.17, 15) is 4.39 Å². The zero-order valence-corrected chi connectivity index (χ0v) is 15.9. The number of fused-ring (bicyclic) bond motifs is 3. The van der Waals surface area contributed by atoms with Gasteiger partial charge in [0, 0.05) is 64.7 Å². The summed E-state index contributed by atoms with van der Waals surface area (Å²) in [6, 6.07) is 5.57. The van der Waals surface area contributed by atoms with E-state index in [1.807, 2.05) is 12.3 Å². The van der Waals surface area contributed by atoms with Gasteiger partial charge in [-0.1, -0.05) is 6.07 Å². The Morgan fingerprint density at radius 1 is 1.24 bits per heavy atom. The number of guanidine groups is 1. The van der Waals surface area contributed by atoms with Crippen molar-refractivity contribution in [1.82, 2.24) is 20.4 Å². The van der Waals surface area contributed by atoms with Gasteiger partial charge in [-0.25, -0.2) is 4.39 Å². The molecule has 0 saturated carbocycles. The van der Waals surface area contributed by atoms with Crippen LogP contribution in [0.2, 0.25) is 0 Å². The van der Waals surface area contributed by atoms with Crippen molar-refractivity contribution in [3.05, 3.63) is 35.1 Å². The number of thioether (sulfide) groups is 1. The lowest BCUT2D eigenvalue weighted by Crippen LogP contribution is -2.63. The molecule has 1 aromatic rings. The Labute approximate surface area is 154 Å². The first-order valence-electron chi connectivity index (χ1n) is 8.86. The second kappa shape index (κ2) is 8.87. The third-order valence-electron chi connectivity index (χ3n) is 5.04. The number of rotatable bonds is 6. The van der Waals surface area contributed by atoms with E-state index in [4.69, 9.17) is 0 Å². The van der Waals surface area contributed by atoms with Crippen LogP contribution in [0.15, 0.2) is 23.2 Å². The second-order valence-electron chi connectivity index (χ2n) is 6.64. The summed E-state index contributed by atoms with van der Waals surface area (Å²) in [5.41, 5.74) is 2.16. The monoisotopic (exact) mass is 365 g/mol. The lowest BCUT2D eigenvalue weighted by Gasteiger charge is -2.47. The standard InChI is InChI=1S/C18H28FN5S/c1-20-18(22-11-17-12-23-5-7-24(17)8-6-23)21-10-14-3-4-16(19)9-15(14)13-25-2/h3-4,9,17H,5-8,10-13H2,1-2H3,(H2,20,21,22). The van der Waals surface area contributed by atoms with Gasteiger partial charge >= 0.3 is 0 Å². The van der Waals surface area contributed by atoms with Crippen LogP contribution in [0, 0.1) is 5.82 Å². The SMILES string of the molecule is CN=C(NCc1ccc(F)cc1CSC)NCC1CN2CCN1CC2. The van der Waals surface area contributed by atoms with Crippen molar-refractivity contribution in [2.45, 2.75) is 18.3 Å². The van der Waals surface area contributed by atoms with Gasteiger partial charge in [0.05, 0.1) is 0 Å². The van der Waals surface area contributed by atoms with Gasteiger partial charge in [0.1, 0.15) is 5.82 Å². The molecule has 1 unspecified atom stereocenters. The molecule has 138 valence electrons. The van der Waals surface area contributed by atoms with E-state index in [2.05, 4.69) is 25.4 Å². The molecule has 3 aliphatic rings. The fraction of sp³-hybridized carbons (Fsp3) is 0.611. The number of hydrogen-bond donors (Lipinski definition) is 2. The van der Waals surface area contributed by atoms with Crippen LogP contribution in [-0.2, 0) is 12.3 Å². The highest BCUT2D eigenvalue weighted by Crippen LogP contribution is 2.17. The average Bonchev–Trinajstić information content (AvgIpc) is 2.64. The van der Waals surface area contributed by atoms with E-state index in [1.165, 1.54) is 32.2 Å². The first-order chi connectivity index (χ1) is 12.2. The molecule has 1 atom stereocenters. The van der Waals surface area contributed by atoms with Crippen molar-refractivity contribution in [3.8, 4) is 0 Å². The van der Waals surface area contributed by atoms with Crippen molar-refractivity contribution in [2.24, 2.45) is 4.99 Å². The summed E-state index contributed by atoms with van der Waals surface area (Å²) in [5.74, 6) is 1.44. The molecule has 7 heteroatoms. The van der Waals surface area contributed by atoms with Gasteiger partial charge < -0.3 is 10.6 Å². The van der Waals surface area contributed by atoms with Crippen LogP contribution < -0.4 is 10.6 Å². The first-order valence-corrected chi connectivity index (χ1v) is 10.3. The molecule has 25 heavy (non-hydrogen) atoms. The van der Waals surface area contributed by atoms with Crippen molar-refractivity contribution in [3.63, 3.8) is 0 Å². The second-order valence-corrected chi connectivity index (χ2v) is 7.51. The molecule has 3 fully saturated rings. The fourth-order valence-corrected chi connectivity index (χ4v) is 4.17. The van der Waals surface area contributed by atoms with E-state index in [0.717, 1.165) is 35.9 Å². The number of piperazine rings is 3. The number of aliphatic imine (C=N–C) groups is 1. The van der Waals surface area contributed by atoms with Crippen LogP contribution in [-0.4, -0.2) is 74.4 Å². The highest BCUT2D eigenvalue weighted by Gasteiger charge is 2.31. The largest absolute Gasteiger partial charge is 0.355 e. The smallest absolute Gasteiger partial charge is 0.191 e. The predicted molar refractivity (Wildman–Crippen MR) is 104 cm³/mol. The Hall–Kier alpha value is -1.31. The molecule has 0 aliphatic carbocycles. The third-order valence-corrected chi connectivity index (χ3v) is 5.64. The van der Waals surface area contributed by atoms with E-state index in [1.54, 1.807) is 24.9 Å². The van der Waals surface area contributed by atoms with Crippen LogP contribution in [0.25, 0.3) is 0 Å². The van der Waals surface area contributed by atoms with E-state index >= 15 is 0 Å². The fourth-order valence-electron chi connectivity index (χ4n) is 3.59. The summed E-state index contributed by atoms with van der Waals surface area (Å²) in [6.07, 6.45) is 2.03. The summed E-state index contributed by atoms with van der Waals surface area (Å²) in [6.45, 7) is 7.43. The number of nitrogens with zero attached hydrogens (tertiary/aromatic N) is 3. The molecular formula is C18H28FN5S. The molecule has 2 N–H and O–H groups in total. The normalized spacial score (nSPS) is 25.9. The van der Waals surface area contributed by atoms with Crippen molar-refractivity contribution < 1.29 is 4.39 Å². The summed E-state index contributed by atoms with van der Waals surface area (Å²) in [5, 5.41) is 6.81. The van der Waals surface area contributed by atoms with Gasteiger partial charge in [-0.3, -0.25) is 14.8 Å². The van der Waals surface area contributed by atoms with Crippen molar-refractivity contribution in [2.75, 3.05) is 52.6 Å². The first kappa shape index (κ1) is 18.5. The summed E-state index contributed by atoms with van der Waals surface area (Å²) >= 11 is 1.70. The molecule has 3 saturated heterocycles. The molecule has 0 amide bonds. The van der Waals surface area contributed by atoms with Crippen LogP contribution >= 0.6 is 11.8 Å². The Morgan fingerprint density at radius 2 is 2.04 bits per heavy atom. The zero-order valence-electron chi connectivity index (χ0n) is 15.1. The number of hydrogen-bond acceptors (Lipinski definition) is 4. The Morgan fingerprint density at radius 3 is 2.68 bits per heavy atom. The van der Waals surface area contributed by atoms with Gasteiger partial charge in [0.2, 0.25) is 0 Å². The van der Waals surface area contributed by atoms with E-state index < -0.39 is 0 Å². The minimum Gasteiger partial charge on any atom is -0.355 e.